The molecule has 0 aliphatic carbocycles. The summed E-state index contributed by atoms with van der Waals surface area (Å²) in [6.07, 6.45) is 1.84. The number of unbranched alkanes of at least 4 members (excludes halogenated alkanes) is 1. The van der Waals surface area contributed by atoms with E-state index in [0.29, 0.717) is 26.4 Å². The van der Waals surface area contributed by atoms with Crippen molar-refractivity contribution in [2.45, 2.75) is 25.1 Å². The van der Waals surface area contributed by atoms with Gasteiger partial charge < -0.3 is 14.8 Å². The van der Waals surface area contributed by atoms with Crippen LogP contribution in [0.5, 0.6) is 0 Å². The van der Waals surface area contributed by atoms with E-state index in [4.69, 9.17) is 21.1 Å². The van der Waals surface area contributed by atoms with E-state index in [9.17, 15) is 4.79 Å². The number of rotatable bonds is 9. The zero-order valence-electron chi connectivity index (χ0n) is 9.42. The van der Waals surface area contributed by atoms with Crippen LogP contribution in [-0.4, -0.2) is 44.8 Å². The molecular formula is C10H20ClNO3. The highest BCUT2D eigenvalue weighted by Gasteiger charge is 2.06. The molecule has 5 heteroatoms. The van der Waals surface area contributed by atoms with Gasteiger partial charge >= 0.3 is 0 Å². The van der Waals surface area contributed by atoms with Crippen molar-refractivity contribution in [2.75, 3.05) is 33.5 Å². The van der Waals surface area contributed by atoms with Crippen LogP contribution in [0.1, 0.15) is 19.8 Å². The summed E-state index contributed by atoms with van der Waals surface area (Å²) in [7, 11) is 1.65. The van der Waals surface area contributed by atoms with E-state index in [1.807, 2.05) is 0 Å². The first-order valence-electron chi connectivity index (χ1n) is 5.17. The van der Waals surface area contributed by atoms with Crippen LogP contribution in [0, 0.1) is 0 Å². The number of methoxy groups -OCH3 is 1. The van der Waals surface area contributed by atoms with Gasteiger partial charge in [-0.1, -0.05) is 0 Å². The van der Waals surface area contributed by atoms with E-state index >= 15 is 0 Å². The zero-order valence-corrected chi connectivity index (χ0v) is 10.2. The van der Waals surface area contributed by atoms with Gasteiger partial charge in [0.2, 0.25) is 5.91 Å². The molecule has 0 saturated carbocycles. The minimum Gasteiger partial charge on any atom is -0.382 e. The summed E-state index contributed by atoms with van der Waals surface area (Å²) in [5.74, 6) is -0.114. The number of carbonyl (C=O) groups is 1. The number of ether oxygens (including phenoxy) is 2. The summed E-state index contributed by atoms with van der Waals surface area (Å²) >= 11 is 5.57. The third kappa shape index (κ3) is 9.97. The van der Waals surface area contributed by atoms with Gasteiger partial charge in [-0.2, -0.15) is 0 Å². The van der Waals surface area contributed by atoms with Crippen LogP contribution in [0.25, 0.3) is 0 Å². The molecule has 1 atom stereocenters. The first kappa shape index (κ1) is 14.7. The lowest BCUT2D eigenvalue weighted by Gasteiger charge is -2.06. The van der Waals surface area contributed by atoms with Crippen LogP contribution in [0.2, 0.25) is 0 Å². The average molecular weight is 238 g/mol. The second kappa shape index (κ2) is 10.2. The molecule has 0 radical (unpaired) electrons. The molecule has 4 nitrogen and oxygen atoms in total. The summed E-state index contributed by atoms with van der Waals surface area (Å²) in [5.41, 5.74) is 0. The van der Waals surface area contributed by atoms with Crippen molar-refractivity contribution < 1.29 is 14.3 Å². The number of amides is 1. The van der Waals surface area contributed by atoms with Gasteiger partial charge in [-0.3, -0.25) is 4.79 Å². The van der Waals surface area contributed by atoms with Gasteiger partial charge in [-0.15, -0.1) is 11.6 Å². The molecule has 1 N–H and O–H groups in total. The summed E-state index contributed by atoms with van der Waals surface area (Å²) in [6.45, 7) is 4.27. The molecule has 0 aromatic carbocycles. The molecule has 15 heavy (non-hydrogen) atoms. The van der Waals surface area contributed by atoms with Crippen molar-refractivity contribution in [3.63, 3.8) is 0 Å². The normalized spacial score (nSPS) is 12.5. The topological polar surface area (TPSA) is 47.6 Å². The zero-order chi connectivity index (χ0) is 11.5. The van der Waals surface area contributed by atoms with Crippen LogP contribution in [0.4, 0.5) is 0 Å². The highest BCUT2D eigenvalue weighted by molar-refractivity contribution is 6.30. The minimum absolute atomic E-state index is 0.114. The lowest BCUT2D eigenvalue weighted by Crippen LogP contribution is -2.30. The van der Waals surface area contributed by atoms with Gasteiger partial charge in [0, 0.05) is 20.3 Å². The number of hydrogen-bond donors (Lipinski definition) is 1. The van der Waals surface area contributed by atoms with Crippen LogP contribution in [0.3, 0.4) is 0 Å². The first-order chi connectivity index (χ1) is 7.18. The highest BCUT2D eigenvalue weighted by Crippen LogP contribution is 1.93. The number of carbonyl (C=O) groups excluding carboxylic acids is 1. The molecule has 0 spiro atoms. The van der Waals surface area contributed by atoms with E-state index < -0.39 is 5.38 Å². The third-order valence-electron chi connectivity index (χ3n) is 1.81. The van der Waals surface area contributed by atoms with E-state index in [0.717, 1.165) is 12.8 Å². The minimum atomic E-state index is -0.456. The van der Waals surface area contributed by atoms with Crippen molar-refractivity contribution in [1.82, 2.24) is 5.32 Å². The lowest BCUT2D eigenvalue weighted by molar-refractivity contribution is -0.120. The van der Waals surface area contributed by atoms with E-state index in [-0.39, 0.29) is 5.91 Å². The van der Waals surface area contributed by atoms with Gasteiger partial charge in [0.1, 0.15) is 5.38 Å². The summed E-state index contributed by atoms with van der Waals surface area (Å²) in [6, 6.07) is 0. The van der Waals surface area contributed by atoms with Crippen LogP contribution >= 0.6 is 11.6 Å². The Bertz CT molecular complexity index is 165. The van der Waals surface area contributed by atoms with Crippen molar-refractivity contribution >= 4 is 17.5 Å². The molecule has 90 valence electrons. The number of nitrogens with one attached hydrogen (secondary N) is 1. The Morgan fingerprint density at radius 3 is 2.67 bits per heavy atom. The van der Waals surface area contributed by atoms with Gasteiger partial charge in [-0.25, -0.2) is 0 Å². The van der Waals surface area contributed by atoms with Gasteiger partial charge in [-0.05, 0) is 19.8 Å². The Kier molecular flexibility index (Phi) is 9.99. The Morgan fingerprint density at radius 1 is 1.33 bits per heavy atom. The fourth-order valence-corrected chi connectivity index (χ4v) is 1.00. The third-order valence-corrected chi connectivity index (χ3v) is 2.01. The van der Waals surface area contributed by atoms with Gasteiger partial charge in [0.25, 0.3) is 0 Å². The van der Waals surface area contributed by atoms with E-state index in [2.05, 4.69) is 5.32 Å². The molecule has 0 aliphatic heterocycles. The Morgan fingerprint density at radius 2 is 2.07 bits per heavy atom. The molecule has 0 saturated heterocycles. The molecule has 0 aliphatic rings. The maximum atomic E-state index is 11.0. The second-order valence-electron chi connectivity index (χ2n) is 3.22. The molecule has 0 aromatic rings. The first-order valence-corrected chi connectivity index (χ1v) is 5.60. The van der Waals surface area contributed by atoms with Crippen LogP contribution < -0.4 is 5.32 Å². The van der Waals surface area contributed by atoms with E-state index in [1.165, 1.54) is 0 Å². The molecule has 0 aromatic heterocycles. The highest BCUT2D eigenvalue weighted by atomic mass is 35.5. The second-order valence-corrected chi connectivity index (χ2v) is 3.87. The lowest BCUT2D eigenvalue weighted by atomic mass is 10.3. The van der Waals surface area contributed by atoms with Crippen molar-refractivity contribution in [1.29, 1.82) is 0 Å². The smallest absolute Gasteiger partial charge is 0.237 e. The van der Waals surface area contributed by atoms with Crippen LogP contribution in [-0.2, 0) is 14.3 Å². The average Bonchev–Trinajstić information content (AvgIpc) is 2.21. The maximum Gasteiger partial charge on any atom is 0.237 e. The quantitative estimate of drug-likeness (QED) is 0.484. The molecular weight excluding hydrogens is 218 g/mol. The fourth-order valence-electron chi connectivity index (χ4n) is 0.926. The molecule has 1 amide bonds. The summed E-state index contributed by atoms with van der Waals surface area (Å²) in [4.78, 5) is 11.0. The predicted octanol–water partition coefficient (Wildman–Crippen LogP) is 1.17. The Balaban J connectivity index is 3.08. The summed E-state index contributed by atoms with van der Waals surface area (Å²) < 4.78 is 10.1. The number of halogens is 1. The van der Waals surface area contributed by atoms with Gasteiger partial charge in [0.15, 0.2) is 0 Å². The largest absolute Gasteiger partial charge is 0.382 e. The molecule has 0 fully saturated rings. The summed E-state index contributed by atoms with van der Waals surface area (Å²) in [5, 5.41) is 2.28. The number of hydrogen-bond acceptors (Lipinski definition) is 3. The monoisotopic (exact) mass is 237 g/mol. The van der Waals surface area contributed by atoms with Crippen molar-refractivity contribution in [3.05, 3.63) is 0 Å². The standard InChI is InChI=1S/C10H20ClNO3/c1-9(11)10(13)12-5-3-4-6-15-8-7-14-2/h9H,3-8H2,1-2H3,(H,12,13). The predicted molar refractivity (Wildman–Crippen MR) is 60.3 cm³/mol. The SMILES string of the molecule is COCCOCCCCNC(=O)C(C)Cl. The van der Waals surface area contributed by atoms with Crippen molar-refractivity contribution in [2.24, 2.45) is 0 Å². The maximum absolute atomic E-state index is 11.0. The number of alkyl halides is 1. The molecule has 1 unspecified atom stereocenters. The fraction of sp³-hybridized carbons (Fsp3) is 0.900. The Hall–Kier alpha value is -0.320. The molecule has 0 rings (SSSR count). The van der Waals surface area contributed by atoms with Crippen molar-refractivity contribution in [3.8, 4) is 0 Å². The van der Waals surface area contributed by atoms with Crippen LogP contribution in [0.15, 0.2) is 0 Å². The Labute approximate surface area is 96.3 Å². The van der Waals surface area contributed by atoms with E-state index in [1.54, 1.807) is 14.0 Å². The molecule has 0 heterocycles. The molecule has 0 bridgehead atoms. The van der Waals surface area contributed by atoms with Gasteiger partial charge in [0.05, 0.1) is 13.2 Å².